The lowest BCUT2D eigenvalue weighted by Gasteiger charge is -2.06. The van der Waals surface area contributed by atoms with Crippen molar-refractivity contribution in [1.82, 2.24) is 14.8 Å². The first-order valence-electron chi connectivity index (χ1n) is 7.84. The van der Waals surface area contributed by atoms with Crippen LogP contribution in [0.15, 0.2) is 60.9 Å². The van der Waals surface area contributed by atoms with Crippen molar-refractivity contribution < 1.29 is 14.3 Å². The van der Waals surface area contributed by atoms with Crippen LogP contribution >= 0.6 is 11.3 Å². The predicted molar refractivity (Wildman–Crippen MR) is 97.9 cm³/mol. The number of ether oxygens (including phenoxy) is 1. The monoisotopic (exact) mass is 363 g/mol. The third kappa shape index (κ3) is 3.00. The molecule has 0 N–H and O–H groups in total. The van der Waals surface area contributed by atoms with Gasteiger partial charge in [-0.3, -0.25) is 9.59 Å². The first-order chi connectivity index (χ1) is 12.6. The molecule has 0 amide bonds. The molecule has 4 rings (SSSR count). The predicted octanol–water partition coefficient (Wildman–Crippen LogP) is 3.64. The van der Waals surface area contributed by atoms with Crippen molar-refractivity contribution in [3.8, 4) is 10.9 Å². The lowest BCUT2D eigenvalue weighted by molar-refractivity contribution is -0.131. The molecule has 0 aliphatic heterocycles. The van der Waals surface area contributed by atoms with Gasteiger partial charge in [-0.15, -0.1) is 0 Å². The fourth-order valence-electron chi connectivity index (χ4n) is 2.56. The number of aromatic nitrogens is 3. The van der Waals surface area contributed by atoms with Crippen molar-refractivity contribution in [2.45, 2.75) is 6.92 Å². The average Bonchev–Trinajstić information content (AvgIpc) is 3.28. The molecule has 0 saturated heterocycles. The summed E-state index contributed by atoms with van der Waals surface area (Å²) in [7, 11) is 0. The largest absolute Gasteiger partial charge is 0.426 e. The van der Waals surface area contributed by atoms with E-state index < -0.39 is 5.97 Å². The van der Waals surface area contributed by atoms with Crippen molar-refractivity contribution in [3.63, 3.8) is 0 Å². The summed E-state index contributed by atoms with van der Waals surface area (Å²) in [6, 6.07) is 14.4. The minimum absolute atomic E-state index is 0.234. The number of fused-ring (bicyclic) bond motifs is 1. The van der Waals surface area contributed by atoms with Crippen molar-refractivity contribution >= 4 is 33.3 Å². The van der Waals surface area contributed by atoms with E-state index in [1.54, 1.807) is 35.1 Å². The summed E-state index contributed by atoms with van der Waals surface area (Å²) in [4.78, 5) is 28.6. The second-order valence-electron chi connectivity index (χ2n) is 5.56. The first-order valence-corrected chi connectivity index (χ1v) is 8.66. The number of thiazole rings is 1. The molecule has 0 aliphatic rings. The Morgan fingerprint density at radius 1 is 1.08 bits per heavy atom. The summed E-state index contributed by atoms with van der Waals surface area (Å²) < 4.78 is 7.75. The quantitative estimate of drug-likeness (QED) is 0.314. The van der Waals surface area contributed by atoms with Gasteiger partial charge in [0, 0.05) is 13.1 Å². The van der Waals surface area contributed by atoms with E-state index >= 15 is 0 Å². The van der Waals surface area contributed by atoms with Gasteiger partial charge >= 0.3 is 5.97 Å². The van der Waals surface area contributed by atoms with Crippen LogP contribution in [0.4, 0.5) is 0 Å². The van der Waals surface area contributed by atoms with Gasteiger partial charge in [0.05, 0.1) is 27.5 Å². The number of carbonyl (C=O) groups is 2. The lowest BCUT2D eigenvalue weighted by atomic mass is 10.1. The van der Waals surface area contributed by atoms with Crippen LogP contribution in [0.2, 0.25) is 0 Å². The third-order valence-corrected chi connectivity index (χ3v) is 4.73. The maximum Gasteiger partial charge on any atom is 0.308 e. The summed E-state index contributed by atoms with van der Waals surface area (Å²) >= 11 is 1.49. The molecule has 0 bridgehead atoms. The number of hydrogen-bond acceptors (Lipinski definition) is 6. The van der Waals surface area contributed by atoms with Gasteiger partial charge in [0.15, 0.2) is 5.78 Å². The fourth-order valence-corrected chi connectivity index (χ4v) is 3.46. The molecule has 0 unspecified atom stereocenters. The highest BCUT2D eigenvalue weighted by molar-refractivity contribution is 7.20. The number of rotatable bonds is 4. The van der Waals surface area contributed by atoms with E-state index in [2.05, 4.69) is 10.1 Å². The summed E-state index contributed by atoms with van der Waals surface area (Å²) in [5, 5.41) is 4.93. The highest BCUT2D eigenvalue weighted by Crippen LogP contribution is 2.25. The van der Waals surface area contributed by atoms with Crippen LogP contribution in [-0.2, 0) is 4.79 Å². The van der Waals surface area contributed by atoms with Crippen LogP contribution in [0.25, 0.3) is 15.3 Å². The standard InChI is InChI=1S/C19H13N3O3S/c1-12(23)25-16-8-4-2-6-14(16)18(24)13-10-20-22(11-13)19-21-15-7-3-5-9-17(15)26-19/h2-11H,1H3. The zero-order valence-corrected chi connectivity index (χ0v) is 14.6. The molecule has 0 spiro atoms. The van der Waals surface area contributed by atoms with Crippen LogP contribution in [0.5, 0.6) is 5.75 Å². The minimum atomic E-state index is -0.476. The molecule has 2 aromatic heterocycles. The fraction of sp³-hybridized carbons (Fsp3) is 0.0526. The minimum Gasteiger partial charge on any atom is -0.426 e. The highest BCUT2D eigenvalue weighted by Gasteiger charge is 2.18. The summed E-state index contributed by atoms with van der Waals surface area (Å²) in [5.41, 5.74) is 1.59. The van der Waals surface area contributed by atoms with Crippen molar-refractivity contribution in [1.29, 1.82) is 0 Å². The molecule has 0 atom stereocenters. The summed E-state index contributed by atoms with van der Waals surface area (Å²) in [5.74, 6) is -0.512. The zero-order chi connectivity index (χ0) is 18.1. The van der Waals surface area contributed by atoms with Gasteiger partial charge in [0.1, 0.15) is 5.75 Å². The van der Waals surface area contributed by atoms with Gasteiger partial charge in [0.25, 0.3) is 0 Å². The maximum absolute atomic E-state index is 12.8. The van der Waals surface area contributed by atoms with Crippen LogP contribution in [0.1, 0.15) is 22.8 Å². The lowest BCUT2D eigenvalue weighted by Crippen LogP contribution is -2.08. The van der Waals surface area contributed by atoms with Crippen LogP contribution < -0.4 is 4.74 Å². The molecule has 26 heavy (non-hydrogen) atoms. The first kappa shape index (κ1) is 16.2. The molecule has 0 aliphatic carbocycles. The van der Waals surface area contributed by atoms with Crippen molar-refractivity contribution in [3.05, 3.63) is 72.1 Å². The number of benzene rings is 2. The van der Waals surface area contributed by atoms with E-state index in [0.717, 1.165) is 10.2 Å². The summed E-state index contributed by atoms with van der Waals surface area (Å²) in [6.45, 7) is 1.30. The van der Waals surface area contributed by atoms with E-state index in [4.69, 9.17) is 4.74 Å². The van der Waals surface area contributed by atoms with Crippen molar-refractivity contribution in [2.24, 2.45) is 0 Å². The molecule has 2 heterocycles. The van der Waals surface area contributed by atoms with E-state index in [1.165, 1.54) is 24.5 Å². The molecule has 0 radical (unpaired) electrons. The Balaban J connectivity index is 1.68. The number of para-hydroxylation sites is 2. The molecule has 6 nitrogen and oxygen atoms in total. The van der Waals surface area contributed by atoms with Gasteiger partial charge < -0.3 is 4.74 Å². The molecule has 0 saturated carbocycles. The Kier molecular flexibility index (Phi) is 4.06. The molecule has 4 aromatic rings. The number of carbonyl (C=O) groups excluding carboxylic acids is 2. The van der Waals surface area contributed by atoms with Crippen LogP contribution in [0.3, 0.4) is 0 Å². The Hall–Kier alpha value is -3.32. The molecule has 2 aromatic carbocycles. The Morgan fingerprint density at radius 3 is 2.65 bits per heavy atom. The third-order valence-electron chi connectivity index (χ3n) is 3.71. The molecule has 7 heteroatoms. The van der Waals surface area contributed by atoms with Gasteiger partial charge in [-0.05, 0) is 24.3 Å². The zero-order valence-electron chi connectivity index (χ0n) is 13.7. The van der Waals surface area contributed by atoms with E-state index in [0.29, 0.717) is 16.3 Å². The number of ketones is 1. The Morgan fingerprint density at radius 2 is 1.85 bits per heavy atom. The summed E-state index contributed by atoms with van der Waals surface area (Å²) in [6.07, 6.45) is 3.11. The van der Waals surface area contributed by atoms with Crippen molar-refractivity contribution in [2.75, 3.05) is 0 Å². The second-order valence-corrected chi connectivity index (χ2v) is 6.57. The Labute approximate surface area is 152 Å². The Bertz CT molecular complexity index is 1100. The van der Waals surface area contributed by atoms with Gasteiger partial charge in [-0.1, -0.05) is 35.6 Å². The molecule has 128 valence electrons. The maximum atomic E-state index is 12.8. The van der Waals surface area contributed by atoms with E-state index in [9.17, 15) is 9.59 Å². The molecular formula is C19H13N3O3S. The number of nitrogens with zero attached hydrogens (tertiary/aromatic N) is 3. The second kappa shape index (κ2) is 6.53. The highest BCUT2D eigenvalue weighted by atomic mass is 32.1. The molecule has 0 fully saturated rings. The smallest absolute Gasteiger partial charge is 0.308 e. The van der Waals surface area contributed by atoms with E-state index in [1.807, 2.05) is 24.3 Å². The van der Waals surface area contributed by atoms with Gasteiger partial charge in [-0.25, -0.2) is 9.67 Å². The SMILES string of the molecule is CC(=O)Oc1ccccc1C(=O)c1cnn(-c2nc3ccccc3s2)c1. The van der Waals surface area contributed by atoms with Crippen LogP contribution in [0, 0.1) is 0 Å². The normalized spacial score (nSPS) is 10.8. The number of hydrogen-bond donors (Lipinski definition) is 0. The topological polar surface area (TPSA) is 74.1 Å². The van der Waals surface area contributed by atoms with E-state index in [-0.39, 0.29) is 11.5 Å². The average molecular weight is 363 g/mol. The van der Waals surface area contributed by atoms with Gasteiger partial charge in [-0.2, -0.15) is 5.10 Å². The number of esters is 1. The van der Waals surface area contributed by atoms with Crippen LogP contribution in [-0.4, -0.2) is 26.5 Å². The molecular weight excluding hydrogens is 350 g/mol. The van der Waals surface area contributed by atoms with Gasteiger partial charge in [0.2, 0.25) is 5.13 Å².